The molecule has 0 aliphatic heterocycles. The van der Waals surface area contributed by atoms with Crippen LogP contribution in [0, 0.1) is 5.41 Å². The highest BCUT2D eigenvalue weighted by atomic mass is 16.3. The van der Waals surface area contributed by atoms with Gasteiger partial charge in [0.25, 0.3) is 0 Å². The van der Waals surface area contributed by atoms with E-state index in [1.165, 1.54) is 6.21 Å². The molecule has 0 radical (unpaired) electrons. The highest BCUT2D eigenvalue weighted by molar-refractivity contribution is 5.52. The summed E-state index contributed by atoms with van der Waals surface area (Å²) in [5, 5.41) is 16.5. The van der Waals surface area contributed by atoms with Crippen molar-refractivity contribution in [1.82, 2.24) is 0 Å². The first-order chi connectivity index (χ1) is 6.34. The number of nitrogens with one attached hydrogen (secondary N) is 1. The van der Waals surface area contributed by atoms with Crippen LogP contribution in [-0.2, 0) is 0 Å². The molecule has 0 saturated carbocycles. The average molecular weight is 177 g/mol. The number of aliphatic hydroxyl groups is 1. The van der Waals surface area contributed by atoms with Gasteiger partial charge in [0.15, 0.2) is 0 Å². The molecule has 0 saturated heterocycles. The summed E-state index contributed by atoms with van der Waals surface area (Å²) in [6.07, 6.45) is 3.38. The smallest absolute Gasteiger partial charge is 0.0790 e. The summed E-state index contributed by atoms with van der Waals surface area (Å²) in [7, 11) is 0. The van der Waals surface area contributed by atoms with E-state index >= 15 is 0 Å². The maximum atomic E-state index is 9.67. The van der Waals surface area contributed by atoms with Crippen LogP contribution in [0.1, 0.15) is 30.9 Å². The minimum absolute atomic E-state index is 0.374. The fourth-order valence-corrected chi connectivity index (χ4v) is 1.26. The number of aliphatic hydroxyl groups excluding tert-OH is 1. The van der Waals surface area contributed by atoms with Gasteiger partial charge in [0.1, 0.15) is 0 Å². The van der Waals surface area contributed by atoms with E-state index in [1.54, 1.807) is 0 Å². The van der Waals surface area contributed by atoms with E-state index in [1.807, 2.05) is 30.3 Å². The first-order valence-electron chi connectivity index (χ1n) is 4.56. The van der Waals surface area contributed by atoms with Crippen LogP contribution in [0.25, 0.3) is 0 Å². The number of rotatable bonds is 5. The largest absolute Gasteiger partial charge is 0.388 e. The van der Waals surface area contributed by atoms with Gasteiger partial charge in [-0.25, -0.2) is 0 Å². The van der Waals surface area contributed by atoms with Crippen molar-refractivity contribution in [1.29, 1.82) is 5.41 Å². The summed E-state index contributed by atoms with van der Waals surface area (Å²) in [6.45, 7) is 0. The fourth-order valence-electron chi connectivity index (χ4n) is 1.26. The zero-order chi connectivity index (χ0) is 9.52. The molecule has 0 fully saturated rings. The lowest BCUT2D eigenvalue weighted by Gasteiger charge is -2.09. The van der Waals surface area contributed by atoms with Gasteiger partial charge in [-0.15, -0.1) is 0 Å². The van der Waals surface area contributed by atoms with Crippen LogP contribution >= 0.6 is 0 Å². The molecule has 0 aliphatic rings. The van der Waals surface area contributed by atoms with Crippen molar-refractivity contribution in [3.63, 3.8) is 0 Å². The summed E-state index contributed by atoms with van der Waals surface area (Å²) in [6, 6.07) is 9.64. The molecule has 1 unspecified atom stereocenters. The number of benzene rings is 1. The summed E-state index contributed by atoms with van der Waals surface area (Å²) in [5.41, 5.74) is 0.965. The van der Waals surface area contributed by atoms with Crippen LogP contribution in [0.15, 0.2) is 30.3 Å². The number of hydrogen-bond acceptors (Lipinski definition) is 2. The Hall–Kier alpha value is -1.15. The second-order valence-corrected chi connectivity index (χ2v) is 3.06. The van der Waals surface area contributed by atoms with E-state index < -0.39 is 0 Å². The van der Waals surface area contributed by atoms with Crippen LogP contribution in [0.3, 0.4) is 0 Å². The summed E-state index contributed by atoms with van der Waals surface area (Å²) in [4.78, 5) is 0. The molecule has 0 spiro atoms. The Morgan fingerprint density at radius 2 is 2.00 bits per heavy atom. The van der Waals surface area contributed by atoms with E-state index in [-0.39, 0.29) is 6.10 Å². The monoisotopic (exact) mass is 177 g/mol. The van der Waals surface area contributed by atoms with Crippen molar-refractivity contribution in [3.8, 4) is 0 Å². The molecule has 2 nitrogen and oxygen atoms in total. The van der Waals surface area contributed by atoms with Crippen molar-refractivity contribution >= 4 is 6.21 Å². The van der Waals surface area contributed by atoms with Crippen molar-refractivity contribution in [2.75, 3.05) is 0 Å². The van der Waals surface area contributed by atoms with Crippen molar-refractivity contribution in [3.05, 3.63) is 35.9 Å². The third kappa shape index (κ3) is 3.38. The zero-order valence-electron chi connectivity index (χ0n) is 7.61. The van der Waals surface area contributed by atoms with E-state index in [0.717, 1.165) is 24.8 Å². The molecule has 70 valence electrons. The number of hydrogen-bond donors (Lipinski definition) is 2. The van der Waals surface area contributed by atoms with Gasteiger partial charge in [0.2, 0.25) is 0 Å². The fraction of sp³-hybridized carbons (Fsp3) is 0.364. The minimum Gasteiger partial charge on any atom is -0.388 e. The highest BCUT2D eigenvalue weighted by Gasteiger charge is 2.04. The third-order valence-electron chi connectivity index (χ3n) is 2.01. The third-order valence-corrected chi connectivity index (χ3v) is 2.01. The molecule has 0 heterocycles. The van der Waals surface area contributed by atoms with Gasteiger partial charge in [-0.05, 0) is 31.0 Å². The predicted octanol–water partition coefficient (Wildman–Crippen LogP) is 2.54. The molecule has 0 aliphatic carbocycles. The molecule has 1 atom stereocenters. The first kappa shape index (κ1) is 9.93. The summed E-state index contributed by atoms with van der Waals surface area (Å²) >= 11 is 0. The van der Waals surface area contributed by atoms with Gasteiger partial charge in [-0.3, -0.25) is 0 Å². The molecular formula is C11H15NO. The molecule has 13 heavy (non-hydrogen) atoms. The Labute approximate surface area is 78.7 Å². The highest BCUT2D eigenvalue weighted by Crippen LogP contribution is 2.17. The van der Waals surface area contributed by atoms with Gasteiger partial charge in [-0.2, -0.15) is 0 Å². The van der Waals surface area contributed by atoms with Crippen LogP contribution in [-0.4, -0.2) is 11.3 Å². The average Bonchev–Trinajstić information content (AvgIpc) is 2.19. The lowest BCUT2D eigenvalue weighted by molar-refractivity contribution is 0.165. The van der Waals surface area contributed by atoms with Crippen LogP contribution in [0.5, 0.6) is 0 Å². The van der Waals surface area contributed by atoms with Gasteiger partial charge in [0.05, 0.1) is 6.10 Å². The SMILES string of the molecule is N=CCCCC(O)c1ccccc1. The van der Waals surface area contributed by atoms with E-state index in [4.69, 9.17) is 5.41 Å². The molecular weight excluding hydrogens is 162 g/mol. The second kappa shape index (κ2) is 5.49. The maximum Gasteiger partial charge on any atom is 0.0790 e. The second-order valence-electron chi connectivity index (χ2n) is 3.06. The van der Waals surface area contributed by atoms with Gasteiger partial charge in [0, 0.05) is 0 Å². The Kier molecular flexibility index (Phi) is 4.19. The molecule has 2 heteroatoms. The Morgan fingerprint density at radius 1 is 1.31 bits per heavy atom. The van der Waals surface area contributed by atoms with Gasteiger partial charge >= 0.3 is 0 Å². The van der Waals surface area contributed by atoms with Crippen LogP contribution in [0.2, 0.25) is 0 Å². The Balaban J connectivity index is 2.39. The van der Waals surface area contributed by atoms with Gasteiger partial charge < -0.3 is 10.5 Å². The van der Waals surface area contributed by atoms with Crippen LogP contribution in [0.4, 0.5) is 0 Å². The molecule has 0 amide bonds. The van der Waals surface area contributed by atoms with Crippen molar-refractivity contribution < 1.29 is 5.11 Å². The quantitative estimate of drug-likeness (QED) is 0.527. The van der Waals surface area contributed by atoms with E-state index in [2.05, 4.69) is 0 Å². The Morgan fingerprint density at radius 3 is 2.62 bits per heavy atom. The lowest BCUT2D eigenvalue weighted by Crippen LogP contribution is -1.96. The molecule has 0 bridgehead atoms. The summed E-state index contributed by atoms with van der Waals surface area (Å²) in [5.74, 6) is 0. The maximum absolute atomic E-state index is 9.67. The first-order valence-corrected chi connectivity index (χ1v) is 4.56. The molecule has 2 N–H and O–H groups in total. The molecule has 1 rings (SSSR count). The van der Waals surface area contributed by atoms with E-state index in [9.17, 15) is 5.11 Å². The lowest BCUT2D eigenvalue weighted by atomic mass is 10.0. The minimum atomic E-state index is -0.374. The van der Waals surface area contributed by atoms with Crippen LogP contribution < -0.4 is 0 Å². The standard InChI is InChI=1S/C11H15NO/c12-9-5-4-8-11(13)10-6-2-1-3-7-10/h1-3,6-7,9,11-13H,4-5,8H2. The normalized spacial score (nSPS) is 12.4. The van der Waals surface area contributed by atoms with Crippen molar-refractivity contribution in [2.24, 2.45) is 0 Å². The topological polar surface area (TPSA) is 44.1 Å². The molecule has 1 aromatic carbocycles. The summed E-state index contributed by atoms with van der Waals surface area (Å²) < 4.78 is 0. The number of unbranched alkanes of at least 4 members (excludes halogenated alkanes) is 1. The predicted molar refractivity (Wildman–Crippen MR) is 54.0 cm³/mol. The van der Waals surface area contributed by atoms with Gasteiger partial charge in [-0.1, -0.05) is 30.3 Å². The Bertz CT molecular complexity index is 246. The molecule has 0 aromatic heterocycles. The van der Waals surface area contributed by atoms with Crippen molar-refractivity contribution in [2.45, 2.75) is 25.4 Å². The molecule has 1 aromatic rings. The zero-order valence-corrected chi connectivity index (χ0v) is 7.61. The van der Waals surface area contributed by atoms with E-state index in [0.29, 0.717) is 0 Å².